The fourth-order valence-corrected chi connectivity index (χ4v) is 3.68. The molecule has 3 rings (SSSR count). The molecule has 0 atom stereocenters. The van der Waals surface area contributed by atoms with Crippen LogP contribution in [0.2, 0.25) is 5.02 Å². The SMILES string of the molecule is CN1CCC(Nc2ccccc2NC(=O)CNC(=O)c2c(Cl)cccc2[N+](=O)[O-])CC1. The van der Waals surface area contributed by atoms with E-state index >= 15 is 0 Å². The highest BCUT2D eigenvalue weighted by atomic mass is 35.5. The Bertz CT molecular complexity index is 976. The van der Waals surface area contributed by atoms with Crippen LogP contribution < -0.4 is 16.0 Å². The van der Waals surface area contributed by atoms with Crippen LogP contribution in [-0.4, -0.2) is 54.4 Å². The first-order chi connectivity index (χ1) is 14.8. The van der Waals surface area contributed by atoms with Crippen LogP contribution in [0.15, 0.2) is 42.5 Å². The number of hydrogen-bond donors (Lipinski definition) is 3. The molecule has 0 radical (unpaired) electrons. The van der Waals surface area contributed by atoms with Gasteiger partial charge in [-0.1, -0.05) is 29.8 Å². The van der Waals surface area contributed by atoms with Crippen molar-refractivity contribution in [1.29, 1.82) is 0 Å². The summed E-state index contributed by atoms with van der Waals surface area (Å²) in [5.74, 6) is -1.24. The summed E-state index contributed by atoms with van der Waals surface area (Å²) in [5.41, 5.74) is 0.715. The van der Waals surface area contributed by atoms with E-state index in [-0.39, 0.29) is 17.1 Å². The topological polar surface area (TPSA) is 117 Å². The van der Waals surface area contributed by atoms with Gasteiger partial charge in [-0.25, -0.2) is 0 Å². The maximum atomic E-state index is 12.4. The Kier molecular flexibility index (Phi) is 7.43. The van der Waals surface area contributed by atoms with Crippen molar-refractivity contribution in [2.75, 3.05) is 37.3 Å². The number of nitro benzene ring substituents is 1. The molecule has 0 aromatic heterocycles. The Hall–Kier alpha value is -3.17. The van der Waals surface area contributed by atoms with E-state index in [9.17, 15) is 19.7 Å². The van der Waals surface area contributed by atoms with Gasteiger partial charge in [0, 0.05) is 12.1 Å². The van der Waals surface area contributed by atoms with Crippen molar-refractivity contribution < 1.29 is 14.5 Å². The molecule has 1 aliphatic heterocycles. The monoisotopic (exact) mass is 445 g/mol. The molecule has 3 N–H and O–H groups in total. The number of likely N-dealkylation sites (tertiary alicyclic amines) is 1. The van der Waals surface area contributed by atoms with Gasteiger partial charge in [-0.2, -0.15) is 0 Å². The number of hydrogen-bond acceptors (Lipinski definition) is 6. The van der Waals surface area contributed by atoms with Crippen molar-refractivity contribution in [1.82, 2.24) is 10.2 Å². The first-order valence-corrected chi connectivity index (χ1v) is 10.3. The molecule has 10 heteroatoms. The Morgan fingerprint density at radius 2 is 1.81 bits per heavy atom. The third-order valence-electron chi connectivity index (χ3n) is 5.10. The molecular weight excluding hydrogens is 422 g/mol. The van der Waals surface area contributed by atoms with Gasteiger partial charge in [0.15, 0.2) is 0 Å². The van der Waals surface area contributed by atoms with Crippen molar-refractivity contribution in [3.05, 3.63) is 63.2 Å². The quantitative estimate of drug-likeness (QED) is 0.445. The average molecular weight is 446 g/mol. The van der Waals surface area contributed by atoms with Crippen molar-refractivity contribution in [2.45, 2.75) is 18.9 Å². The van der Waals surface area contributed by atoms with Gasteiger partial charge >= 0.3 is 0 Å². The van der Waals surface area contributed by atoms with Crippen LogP contribution in [-0.2, 0) is 4.79 Å². The third-order valence-corrected chi connectivity index (χ3v) is 5.42. The van der Waals surface area contributed by atoms with E-state index in [1.807, 2.05) is 12.1 Å². The number of halogens is 1. The lowest BCUT2D eigenvalue weighted by molar-refractivity contribution is -0.385. The van der Waals surface area contributed by atoms with Crippen LogP contribution >= 0.6 is 11.6 Å². The molecule has 2 aromatic rings. The van der Waals surface area contributed by atoms with E-state index in [0.29, 0.717) is 11.7 Å². The average Bonchev–Trinajstić information content (AvgIpc) is 2.74. The molecular formula is C21H24ClN5O4. The number of amides is 2. The predicted octanol–water partition coefficient (Wildman–Crippen LogP) is 3.12. The minimum Gasteiger partial charge on any atom is -0.381 e. The van der Waals surface area contributed by atoms with Crippen molar-refractivity contribution in [2.24, 2.45) is 0 Å². The Morgan fingerprint density at radius 3 is 2.48 bits per heavy atom. The number of nitro groups is 1. The Labute approximate surface area is 184 Å². The molecule has 31 heavy (non-hydrogen) atoms. The van der Waals surface area contributed by atoms with E-state index < -0.39 is 22.4 Å². The minimum atomic E-state index is -0.787. The lowest BCUT2D eigenvalue weighted by Gasteiger charge is -2.30. The molecule has 0 bridgehead atoms. The summed E-state index contributed by atoms with van der Waals surface area (Å²) >= 11 is 5.96. The predicted molar refractivity (Wildman–Crippen MR) is 120 cm³/mol. The molecule has 1 aliphatic rings. The second kappa shape index (κ2) is 10.2. The standard InChI is InChI=1S/C21H24ClN5O4/c1-26-11-9-14(10-12-26)24-16-6-2-3-7-17(16)25-19(28)13-23-21(29)20-15(22)5-4-8-18(20)27(30)31/h2-8,14,24H,9-13H2,1H3,(H,23,29)(H,25,28). The maximum Gasteiger partial charge on any atom is 0.283 e. The fraction of sp³-hybridized carbons (Fsp3) is 0.333. The number of benzene rings is 2. The number of para-hydroxylation sites is 2. The highest BCUT2D eigenvalue weighted by Crippen LogP contribution is 2.26. The molecule has 0 unspecified atom stereocenters. The first-order valence-electron chi connectivity index (χ1n) is 9.90. The normalized spacial score (nSPS) is 14.6. The molecule has 0 aliphatic carbocycles. The lowest BCUT2D eigenvalue weighted by Crippen LogP contribution is -2.37. The van der Waals surface area contributed by atoms with Crippen molar-refractivity contribution in [3.8, 4) is 0 Å². The van der Waals surface area contributed by atoms with Gasteiger partial charge in [0.1, 0.15) is 5.56 Å². The number of carbonyl (C=O) groups is 2. The first kappa shape index (κ1) is 22.5. The zero-order valence-corrected chi connectivity index (χ0v) is 17.8. The number of nitrogens with zero attached hydrogens (tertiary/aromatic N) is 2. The molecule has 0 saturated carbocycles. The molecule has 2 amide bonds. The molecule has 1 heterocycles. The van der Waals surface area contributed by atoms with E-state index in [2.05, 4.69) is 27.9 Å². The van der Waals surface area contributed by atoms with Gasteiger partial charge in [-0.15, -0.1) is 0 Å². The number of rotatable bonds is 7. The second-order valence-electron chi connectivity index (χ2n) is 7.39. The molecule has 0 spiro atoms. The zero-order chi connectivity index (χ0) is 22.4. The summed E-state index contributed by atoms with van der Waals surface area (Å²) in [6.45, 7) is 1.66. The molecule has 2 aromatic carbocycles. The number of anilines is 2. The van der Waals surface area contributed by atoms with Crippen LogP contribution in [0.1, 0.15) is 23.2 Å². The van der Waals surface area contributed by atoms with Gasteiger partial charge in [0.05, 0.1) is 27.9 Å². The van der Waals surface area contributed by atoms with Gasteiger partial charge in [-0.05, 0) is 51.2 Å². The van der Waals surface area contributed by atoms with Crippen LogP contribution in [0.25, 0.3) is 0 Å². The maximum absolute atomic E-state index is 12.4. The molecule has 9 nitrogen and oxygen atoms in total. The highest BCUT2D eigenvalue weighted by molar-refractivity contribution is 6.34. The number of piperidine rings is 1. The zero-order valence-electron chi connectivity index (χ0n) is 17.1. The van der Waals surface area contributed by atoms with Crippen molar-refractivity contribution in [3.63, 3.8) is 0 Å². The minimum absolute atomic E-state index is 0.0558. The van der Waals surface area contributed by atoms with Crippen molar-refractivity contribution >= 4 is 40.5 Å². The third kappa shape index (κ3) is 5.93. The van der Waals surface area contributed by atoms with E-state index in [1.165, 1.54) is 18.2 Å². The van der Waals surface area contributed by atoms with Crippen LogP contribution in [0, 0.1) is 10.1 Å². The van der Waals surface area contributed by atoms with E-state index in [1.54, 1.807) is 12.1 Å². The van der Waals surface area contributed by atoms with E-state index in [0.717, 1.165) is 31.6 Å². The van der Waals surface area contributed by atoms with E-state index in [4.69, 9.17) is 11.6 Å². The Balaban J connectivity index is 1.61. The largest absolute Gasteiger partial charge is 0.381 e. The summed E-state index contributed by atoms with van der Waals surface area (Å²) in [6.07, 6.45) is 2.01. The van der Waals surface area contributed by atoms with Crippen LogP contribution in [0.5, 0.6) is 0 Å². The van der Waals surface area contributed by atoms with Gasteiger partial charge in [-0.3, -0.25) is 19.7 Å². The summed E-state index contributed by atoms with van der Waals surface area (Å²) in [7, 11) is 2.09. The summed E-state index contributed by atoms with van der Waals surface area (Å²) in [6, 6.07) is 11.6. The van der Waals surface area contributed by atoms with Gasteiger partial charge < -0.3 is 20.9 Å². The fourth-order valence-electron chi connectivity index (χ4n) is 3.42. The molecule has 1 fully saturated rings. The Morgan fingerprint density at radius 1 is 1.13 bits per heavy atom. The number of nitrogens with one attached hydrogen (secondary N) is 3. The highest BCUT2D eigenvalue weighted by Gasteiger charge is 2.24. The van der Waals surface area contributed by atoms with Crippen LogP contribution in [0.4, 0.5) is 17.1 Å². The van der Waals surface area contributed by atoms with Gasteiger partial charge in [0.2, 0.25) is 5.91 Å². The van der Waals surface area contributed by atoms with Crippen LogP contribution in [0.3, 0.4) is 0 Å². The summed E-state index contributed by atoms with van der Waals surface area (Å²) in [4.78, 5) is 37.6. The molecule has 1 saturated heterocycles. The summed E-state index contributed by atoms with van der Waals surface area (Å²) in [5, 5.41) is 19.7. The molecule has 164 valence electrons. The van der Waals surface area contributed by atoms with Gasteiger partial charge in [0.25, 0.3) is 11.6 Å². The second-order valence-corrected chi connectivity index (χ2v) is 7.80. The summed E-state index contributed by atoms with van der Waals surface area (Å²) < 4.78 is 0. The smallest absolute Gasteiger partial charge is 0.283 e. The number of carbonyl (C=O) groups excluding carboxylic acids is 2. The lowest BCUT2D eigenvalue weighted by atomic mass is 10.0.